The van der Waals surface area contributed by atoms with E-state index < -0.39 is 0 Å². The molecular formula is C22H25Cl2N5S. The van der Waals surface area contributed by atoms with E-state index in [1.54, 1.807) is 17.5 Å². The van der Waals surface area contributed by atoms with Gasteiger partial charge in [0.2, 0.25) is 5.95 Å². The topological polar surface area (TPSA) is 67.1 Å². The summed E-state index contributed by atoms with van der Waals surface area (Å²) < 4.78 is 0. The summed E-state index contributed by atoms with van der Waals surface area (Å²) in [4.78, 5) is 12.5. The number of nitrogens with one attached hydrogen (secondary N) is 1. The molecule has 158 valence electrons. The Morgan fingerprint density at radius 2 is 2.00 bits per heavy atom. The molecule has 0 saturated carbocycles. The maximum atomic E-state index is 6.50. The molecular weight excluding hydrogens is 437 g/mol. The van der Waals surface area contributed by atoms with Crippen molar-refractivity contribution in [2.75, 3.05) is 25.0 Å². The zero-order valence-corrected chi connectivity index (χ0v) is 18.9. The van der Waals surface area contributed by atoms with Crippen molar-refractivity contribution in [1.82, 2.24) is 14.9 Å². The number of halogens is 2. The van der Waals surface area contributed by atoms with E-state index >= 15 is 0 Å². The van der Waals surface area contributed by atoms with Gasteiger partial charge in [-0.3, -0.25) is 4.90 Å². The quantitative estimate of drug-likeness (QED) is 0.508. The molecule has 1 aromatic carbocycles. The van der Waals surface area contributed by atoms with Crippen molar-refractivity contribution in [3.8, 4) is 10.6 Å². The molecule has 8 heteroatoms. The summed E-state index contributed by atoms with van der Waals surface area (Å²) in [5.74, 6) is 1.12. The Labute approximate surface area is 191 Å². The molecule has 4 rings (SSSR count). The zero-order valence-electron chi connectivity index (χ0n) is 16.6. The molecule has 3 heterocycles. The minimum Gasteiger partial charge on any atom is -0.353 e. The number of rotatable bonds is 7. The first-order chi connectivity index (χ1) is 14.6. The van der Waals surface area contributed by atoms with Gasteiger partial charge < -0.3 is 11.1 Å². The molecule has 1 aliphatic heterocycles. The summed E-state index contributed by atoms with van der Waals surface area (Å²) in [7, 11) is 0. The largest absolute Gasteiger partial charge is 0.353 e. The van der Waals surface area contributed by atoms with Crippen LogP contribution in [-0.2, 0) is 6.54 Å². The highest BCUT2D eigenvalue weighted by atomic mass is 35.5. The van der Waals surface area contributed by atoms with Crippen LogP contribution in [0.1, 0.15) is 18.4 Å². The normalized spacial score (nSPS) is 16.5. The van der Waals surface area contributed by atoms with Gasteiger partial charge >= 0.3 is 0 Å². The molecule has 0 amide bonds. The highest BCUT2D eigenvalue weighted by molar-refractivity contribution is 7.13. The first-order valence-electron chi connectivity index (χ1n) is 10.1. The maximum absolute atomic E-state index is 6.50. The summed E-state index contributed by atoms with van der Waals surface area (Å²) >= 11 is 13.8. The highest BCUT2D eigenvalue weighted by Crippen LogP contribution is 2.26. The molecule has 3 aromatic rings. The van der Waals surface area contributed by atoms with Gasteiger partial charge in [-0.15, -0.1) is 11.3 Å². The summed E-state index contributed by atoms with van der Waals surface area (Å²) in [5, 5.41) is 6.59. The lowest BCUT2D eigenvalue weighted by Crippen LogP contribution is -2.43. The Balaban J connectivity index is 1.25. The fourth-order valence-electron chi connectivity index (χ4n) is 3.82. The van der Waals surface area contributed by atoms with Crippen molar-refractivity contribution >= 4 is 40.5 Å². The molecule has 1 fully saturated rings. The average molecular weight is 462 g/mol. The smallest absolute Gasteiger partial charge is 0.223 e. The molecule has 0 aliphatic carbocycles. The van der Waals surface area contributed by atoms with Crippen LogP contribution >= 0.6 is 34.5 Å². The van der Waals surface area contributed by atoms with Crippen LogP contribution in [0.25, 0.3) is 10.6 Å². The minimum absolute atomic E-state index is 0.0751. The molecule has 0 bridgehead atoms. The molecule has 0 radical (unpaired) electrons. The molecule has 5 nitrogen and oxygen atoms in total. The van der Waals surface area contributed by atoms with Crippen LogP contribution in [0.15, 0.2) is 48.0 Å². The molecule has 30 heavy (non-hydrogen) atoms. The van der Waals surface area contributed by atoms with E-state index in [1.807, 2.05) is 35.7 Å². The summed E-state index contributed by atoms with van der Waals surface area (Å²) in [6.45, 7) is 3.62. The van der Waals surface area contributed by atoms with Crippen LogP contribution in [0.4, 0.5) is 5.95 Å². The molecule has 1 atom stereocenters. The highest BCUT2D eigenvalue weighted by Gasteiger charge is 2.24. The zero-order chi connectivity index (χ0) is 20.9. The van der Waals surface area contributed by atoms with Gasteiger partial charge in [-0.1, -0.05) is 35.3 Å². The number of benzene rings is 1. The van der Waals surface area contributed by atoms with Gasteiger partial charge in [0.1, 0.15) is 0 Å². The summed E-state index contributed by atoms with van der Waals surface area (Å²) in [5.41, 5.74) is 8.62. The van der Waals surface area contributed by atoms with Crippen LogP contribution in [0.2, 0.25) is 10.0 Å². The van der Waals surface area contributed by atoms with E-state index in [1.165, 1.54) is 5.56 Å². The van der Waals surface area contributed by atoms with E-state index in [2.05, 4.69) is 26.3 Å². The van der Waals surface area contributed by atoms with Crippen molar-refractivity contribution in [2.45, 2.75) is 25.4 Å². The van der Waals surface area contributed by atoms with E-state index in [0.29, 0.717) is 28.5 Å². The maximum Gasteiger partial charge on any atom is 0.223 e. The Bertz CT molecular complexity index is 958. The third kappa shape index (κ3) is 5.50. The predicted molar refractivity (Wildman–Crippen MR) is 126 cm³/mol. The van der Waals surface area contributed by atoms with Crippen LogP contribution in [0.5, 0.6) is 0 Å². The SMILES string of the molecule is NC(CNc1nccc(-c2cccs2)n1)C1CCN(Cc2ccc(Cl)c(Cl)c2)CC1. The molecule has 1 unspecified atom stereocenters. The summed E-state index contributed by atoms with van der Waals surface area (Å²) in [6.07, 6.45) is 3.96. The van der Waals surface area contributed by atoms with Crippen molar-refractivity contribution in [3.05, 3.63) is 63.6 Å². The predicted octanol–water partition coefficient (Wildman–Crippen LogP) is 5.16. The summed E-state index contributed by atoms with van der Waals surface area (Å²) in [6, 6.07) is 12.0. The Morgan fingerprint density at radius 3 is 2.73 bits per heavy atom. The lowest BCUT2D eigenvalue weighted by atomic mass is 9.89. The van der Waals surface area contributed by atoms with Crippen molar-refractivity contribution in [3.63, 3.8) is 0 Å². The van der Waals surface area contributed by atoms with Crippen LogP contribution in [0, 0.1) is 5.92 Å². The Morgan fingerprint density at radius 1 is 1.17 bits per heavy atom. The van der Waals surface area contributed by atoms with Gasteiger partial charge in [0.15, 0.2) is 0 Å². The second-order valence-corrected chi connectivity index (χ2v) is 9.41. The fourth-order valence-corrected chi connectivity index (χ4v) is 4.83. The molecule has 2 aromatic heterocycles. The van der Waals surface area contributed by atoms with Crippen LogP contribution in [0.3, 0.4) is 0 Å². The number of anilines is 1. The van der Waals surface area contributed by atoms with E-state index in [4.69, 9.17) is 28.9 Å². The van der Waals surface area contributed by atoms with Gasteiger partial charge in [0, 0.05) is 25.3 Å². The lowest BCUT2D eigenvalue weighted by molar-refractivity contribution is 0.164. The second kappa shape index (κ2) is 10.1. The lowest BCUT2D eigenvalue weighted by Gasteiger charge is -2.34. The van der Waals surface area contributed by atoms with Gasteiger partial charge in [0.05, 0.1) is 20.6 Å². The van der Waals surface area contributed by atoms with Crippen molar-refractivity contribution < 1.29 is 0 Å². The number of hydrogen-bond acceptors (Lipinski definition) is 6. The number of thiophene rings is 1. The molecule has 3 N–H and O–H groups in total. The van der Waals surface area contributed by atoms with E-state index in [0.717, 1.165) is 43.0 Å². The molecule has 1 saturated heterocycles. The second-order valence-electron chi connectivity index (χ2n) is 7.65. The molecule has 0 spiro atoms. The Kier molecular flexibility index (Phi) is 7.23. The van der Waals surface area contributed by atoms with Crippen LogP contribution < -0.4 is 11.1 Å². The van der Waals surface area contributed by atoms with Crippen molar-refractivity contribution in [1.29, 1.82) is 0 Å². The fraction of sp³-hybridized carbons (Fsp3) is 0.364. The number of likely N-dealkylation sites (tertiary alicyclic amines) is 1. The third-order valence-corrected chi connectivity index (χ3v) is 7.18. The van der Waals surface area contributed by atoms with Gasteiger partial charge in [0.25, 0.3) is 0 Å². The van der Waals surface area contributed by atoms with Crippen molar-refractivity contribution in [2.24, 2.45) is 11.7 Å². The average Bonchev–Trinajstić information content (AvgIpc) is 3.30. The minimum atomic E-state index is 0.0751. The number of aromatic nitrogens is 2. The monoisotopic (exact) mass is 461 g/mol. The van der Waals surface area contributed by atoms with Gasteiger partial charge in [-0.05, 0) is 67.1 Å². The van der Waals surface area contributed by atoms with Gasteiger partial charge in [-0.25, -0.2) is 9.97 Å². The standard InChI is InChI=1S/C22H25Cl2N5S/c23-17-4-3-15(12-18(17)24)14-29-9-6-16(7-10-29)19(25)13-27-22-26-8-5-20(28-22)21-2-1-11-30-21/h1-5,8,11-12,16,19H,6-7,9-10,13-14,25H2,(H,26,27,28). The third-order valence-electron chi connectivity index (χ3n) is 5.55. The van der Waals surface area contributed by atoms with E-state index in [-0.39, 0.29) is 6.04 Å². The first-order valence-corrected chi connectivity index (χ1v) is 11.7. The van der Waals surface area contributed by atoms with E-state index in [9.17, 15) is 0 Å². The van der Waals surface area contributed by atoms with Crippen LogP contribution in [-0.4, -0.2) is 40.5 Å². The number of hydrogen-bond donors (Lipinski definition) is 2. The number of piperidine rings is 1. The molecule has 1 aliphatic rings. The Hall–Kier alpha value is -1.70. The first kappa shape index (κ1) is 21.5. The van der Waals surface area contributed by atoms with Gasteiger partial charge in [-0.2, -0.15) is 0 Å². The number of nitrogens with two attached hydrogens (primary N) is 1. The number of nitrogens with zero attached hydrogens (tertiary/aromatic N) is 3.